The highest BCUT2D eigenvalue weighted by Gasteiger charge is 2.11. The van der Waals surface area contributed by atoms with Crippen LogP contribution in [0.5, 0.6) is 0 Å². The molecule has 0 saturated carbocycles. The van der Waals surface area contributed by atoms with Crippen LogP contribution in [-0.2, 0) is 0 Å². The molecule has 6 heteroatoms. The molecule has 4 aromatic rings. The lowest BCUT2D eigenvalue weighted by Gasteiger charge is -2.18. The Morgan fingerprint density at radius 1 is 0.862 bits per heavy atom. The fraction of sp³-hybridized carbons (Fsp3) is 0.0870. The van der Waals surface area contributed by atoms with Gasteiger partial charge in [0.05, 0.1) is 21.3 Å². The van der Waals surface area contributed by atoms with E-state index in [1.165, 1.54) is 12.1 Å². The van der Waals surface area contributed by atoms with Crippen molar-refractivity contribution in [1.82, 2.24) is 4.98 Å². The van der Waals surface area contributed by atoms with Crippen LogP contribution < -0.4 is 10.2 Å². The average Bonchev–Trinajstić information content (AvgIpc) is 2.70. The Labute approximate surface area is 178 Å². The van der Waals surface area contributed by atoms with E-state index in [0.717, 1.165) is 39.2 Å². The molecular formula is C23H18Cl2FN3. The molecule has 1 aromatic heterocycles. The van der Waals surface area contributed by atoms with E-state index in [0.29, 0.717) is 10.0 Å². The normalized spacial score (nSPS) is 10.9. The van der Waals surface area contributed by atoms with E-state index in [9.17, 15) is 4.39 Å². The molecule has 0 amide bonds. The van der Waals surface area contributed by atoms with Crippen LogP contribution in [0.25, 0.3) is 22.2 Å². The molecule has 4 rings (SSSR count). The second-order valence-electron chi connectivity index (χ2n) is 6.92. The zero-order valence-corrected chi connectivity index (χ0v) is 17.4. The van der Waals surface area contributed by atoms with Gasteiger partial charge in [-0.1, -0.05) is 35.3 Å². The highest BCUT2D eigenvalue weighted by Crippen LogP contribution is 2.33. The molecule has 1 heterocycles. The zero-order chi connectivity index (χ0) is 20.5. The lowest BCUT2D eigenvalue weighted by Crippen LogP contribution is -2.10. The summed E-state index contributed by atoms with van der Waals surface area (Å²) in [6.07, 6.45) is 0. The maximum atomic E-state index is 13.7. The minimum absolute atomic E-state index is 0.281. The summed E-state index contributed by atoms with van der Waals surface area (Å²) in [5, 5.41) is 5.34. The number of hydrogen-bond donors (Lipinski definition) is 1. The lowest BCUT2D eigenvalue weighted by molar-refractivity contribution is 0.628. The number of halogens is 3. The maximum Gasteiger partial charge on any atom is 0.123 e. The molecule has 3 nitrogen and oxygen atoms in total. The van der Waals surface area contributed by atoms with Crippen LogP contribution in [0.1, 0.15) is 0 Å². The number of hydrogen-bond acceptors (Lipinski definition) is 3. The average molecular weight is 426 g/mol. The number of pyridine rings is 1. The Morgan fingerprint density at radius 3 is 2.34 bits per heavy atom. The Morgan fingerprint density at radius 2 is 1.62 bits per heavy atom. The van der Waals surface area contributed by atoms with Crippen molar-refractivity contribution in [2.75, 3.05) is 24.3 Å². The van der Waals surface area contributed by atoms with Crippen molar-refractivity contribution in [2.45, 2.75) is 0 Å². The molecule has 0 aliphatic rings. The molecule has 0 unspecified atom stereocenters. The number of rotatable bonds is 4. The molecule has 0 saturated heterocycles. The summed E-state index contributed by atoms with van der Waals surface area (Å²) in [6, 6.07) is 19.8. The van der Waals surface area contributed by atoms with Crippen molar-refractivity contribution < 1.29 is 4.39 Å². The predicted octanol–water partition coefficient (Wildman–Crippen LogP) is 7.16. The summed E-state index contributed by atoms with van der Waals surface area (Å²) in [6.45, 7) is 0. The smallest absolute Gasteiger partial charge is 0.123 e. The number of anilines is 3. The van der Waals surface area contributed by atoms with Crippen molar-refractivity contribution in [3.05, 3.63) is 82.6 Å². The van der Waals surface area contributed by atoms with Gasteiger partial charge in [0.15, 0.2) is 0 Å². The minimum Gasteiger partial charge on any atom is -0.377 e. The van der Waals surface area contributed by atoms with Crippen molar-refractivity contribution >= 4 is 51.2 Å². The molecular weight excluding hydrogens is 408 g/mol. The maximum absolute atomic E-state index is 13.7. The van der Waals surface area contributed by atoms with E-state index < -0.39 is 0 Å². The van der Waals surface area contributed by atoms with Crippen LogP contribution in [0.3, 0.4) is 0 Å². The predicted molar refractivity (Wildman–Crippen MR) is 121 cm³/mol. The summed E-state index contributed by atoms with van der Waals surface area (Å²) < 4.78 is 13.7. The first kappa shape index (κ1) is 19.5. The molecule has 0 aliphatic carbocycles. The molecule has 1 N–H and O–H groups in total. The van der Waals surface area contributed by atoms with Crippen molar-refractivity contribution in [3.8, 4) is 11.3 Å². The fourth-order valence-electron chi connectivity index (χ4n) is 3.19. The van der Waals surface area contributed by atoms with E-state index in [1.54, 1.807) is 18.2 Å². The third kappa shape index (κ3) is 4.14. The van der Waals surface area contributed by atoms with Crippen LogP contribution in [0, 0.1) is 5.82 Å². The van der Waals surface area contributed by atoms with Gasteiger partial charge >= 0.3 is 0 Å². The molecule has 0 bridgehead atoms. The Kier molecular flexibility index (Phi) is 5.31. The fourth-order valence-corrected chi connectivity index (χ4v) is 3.49. The third-order valence-electron chi connectivity index (χ3n) is 4.60. The van der Waals surface area contributed by atoms with Gasteiger partial charge in [-0.2, -0.15) is 0 Å². The second kappa shape index (κ2) is 7.90. The van der Waals surface area contributed by atoms with E-state index in [1.807, 2.05) is 55.4 Å². The summed E-state index contributed by atoms with van der Waals surface area (Å²) in [7, 11) is 3.95. The molecule has 0 spiro atoms. The number of benzene rings is 3. The Hall–Kier alpha value is -2.82. The van der Waals surface area contributed by atoms with Crippen molar-refractivity contribution in [3.63, 3.8) is 0 Å². The van der Waals surface area contributed by atoms with Gasteiger partial charge in [-0.25, -0.2) is 9.37 Å². The number of aromatic nitrogens is 1. The van der Waals surface area contributed by atoms with Gasteiger partial charge in [0, 0.05) is 42.1 Å². The minimum atomic E-state index is -0.281. The van der Waals surface area contributed by atoms with Crippen LogP contribution in [0.2, 0.25) is 10.0 Å². The highest BCUT2D eigenvalue weighted by atomic mass is 35.5. The highest BCUT2D eigenvalue weighted by molar-refractivity contribution is 6.42. The summed E-state index contributed by atoms with van der Waals surface area (Å²) in [5.41, 5.74) is 5.04. The van der Waals surface area contributed by atoms with Gasteiger partial charge in [-0.15, -0.1) is 0 Å². The van der Waals surface area contributed by atoms with Crippen molar-refractivity contribution in [1.29, 1.82) is 0 Å². The standard InChI is InChI=1S/C23H18Cl2FN3/c1-29(2)23-13-22(14-4-3-5-15(26)10-14)28-21-9-7-16(11-18(21)23)27-17-6-8-19(24)20(25)12-17/h3-13,27H,1-2H3. The summed E-state index contributed by atoms with van der Waals surface area (Å²) in [5.74, 6) is -0.281. The topological polar surface area (TPSA) is 28.2 Å². The van der Waals surface area contributed by atoms with Gasteiger partial charge < -0.3 is 10.2 Å². The summed E-state index contributed by atoms with van der Waals surface area (Å²) in [4.78, 5) is 6.77. The third-order valence-corrected chi connectivity index (χ3v) is 5.34. The SMILES string of the molecule is CN(C)c1cc(-c2cccc(F)c2)nc2ccc(Nc3ccc(Cl)c(Cl)c3)cc12. The number of nitrogens with zero attached hydrogens (tertiary/aromatic N) is 2. The molecule has 29 heavy (non-hydrogen) atoms. The largest absolute Gasteiger partial charge is 0.377 e. The van der Waals surface area contributed by atoms with E-state index >= 15 is 0 Å². The zero-order valence-electron chi connectivity index (χ0n) is 15.9. The molecule has 0 atom stereocenters. The Bertz CT molecular complexity index is 1210. The molecule has 0 radical (unpaired) electrons. The van der Waals surface area contributed by atoms with E-state index in [-0.39, 0.29) is 5.82 Å². The van der Waals surface area contributed by atoms with Gasteiger partial charge in [-0.3, -0.25) is 0 Å². The van der Waals surface area contributed by atoms with Crippen LogP contribution in [0.4, 0.5) is 21.5 Å². The van der Waals surface area contributed by atoms with Crippen molar-refractivity contribution in [2.24, 2.45) is 0 Å². The van der Waals surface area contributed by atoms with Crippen LogP contribution in [0.15, 0.2) is 66.7 Å². The first-order valence-electron chi connectivity index (χ1n) is 9.01. The van der Waals surface area contributed by atoms with E-state index in [2.05, 4.69) is 5.32 Å². The van der Waals surface area contributed by atoms with Gasteiger partial charge in [0.1, 0.15) is 5.82 Å². The first-order chi connectivity index (χ1) is 13.9. The molecule has 146 valence electrons. The second-order valence-corrected chi connectivity index (χ2v) is 7.73. The molecule has 0 fully saturated rings. The van der Waals surface area contributed by atoms with Crippen LogP contribution >= 0.6 is 23.2 Å². The van der Waals surface area contributed by atoms with Crippen LogP contribution in [-0.4, -0.2) is 19.1 Å². The quantitative estimate of drug-likeness (QED) is 0.375. The summed E-state index contributed by atoms with van der Waals surface area (Å²) >= 11 is 12.1. The van der Waals surface area contributed by atoms with Gasteiger partial charge in [-0.05, 0) is 54.6 Å². The first-order valence-corrected chi connectivity index (χ1v) is 9.76. The van der Waals surface area contributed by atoms with E-state index in [4.69, 9.17) is 28.2 Å². The molecule has 3 aromatic carbocycles. The monoisotopic (exact) mass is 425 g/mol. The molecule has 0 aliphatic heterocycles. The lowest BCUT2D eigenvalue weighted by atomic mass is 10.1. The Balaban J connectivity index is 1.78. The number of nitrogens with one attached hydrogen (secondary N) is 1. The van der Waals surface area contributed by atoms with Gasteiger partial charge in [0.25, 0.3) is 0 Å². The van der Waals surface area contributed by atoms with Gasteiger partial charge in [0.2, 0.25) is 0 Å². The number of fused-ring (bicyclic) bond motifs is 1.